The summed E-state index contributed by atoms with van der Waals surface area (Å²) < 4.78 is 6.51. The molecule has 1 N–H and O–H groups in total. The van der Waals surface area contributed by atoms with Crippen LogP contribution in [0.3, 0.4) is 0 Å². The predicted molar refractivity (Wildman–Crippen MR) is 121 cm³/mol. The van der Waals surface area contributed by atoms with Gasteiger partial charge in [0.05, 0.1) is 12.2 Å². The van der Waals surface area contributed by atoms with E-state index >= 15 is 0 Å². The molecule has 0 aliphatic carbocycles. The highest BCUT2D eigenvalue weighted by molar-refractivity contribution is 9.10. The summed E-state index contributed by atoms with van der Waals surface area (Å²) in [5.41, 5.74) is 1.71. The predicted octanol–water partition coefficient (Wildman–Crippen LogP) is 2.13. The first-order chi connectivity index (χ1) is 14.6. The van der Waals surface area contributed by atoms with Crippen LogP contribution in [-0.2, 0) is 4.74 Å². The van der Waals surface area contributed by atoms with E-state index in [0.29, 0.717) is 35.4 Å². The zero-order valence-electron chi connectivity index (χ0n) is 17.4. The van der Waals surface area contributed by atoms with Crippen LogP contribution in [0.15, 0.2) is 53.0 Å². The van der Waals surface area contributed by atoms with Crippen molar-refractivity contribution in [1.82, 2.24) is 4.90 Å². The maximum absolute atomic E-state index is 12.5. The van der Waals surface area contributed by atoms with Gasteiger partial charge < -0.3 is 22.5 Å². The third-order valence-electron chi connectivity index (χ3n) is 6.12. The number of piperidine rings is 2. The number of carbonyl (C=O) groups excluding carboxylic acids is 2. The lowest BCUT2D eigenvalue weighted by molar-refractivity contribution is -0.0000769. The molecule has 4 rings (SSSR count). The molecule has 2 saturated heterocycles. The van der Waals surface area contributed by atoms with Gasteiger partial charge >= 0.3 is 5.97 Å². The number of halogens is 2. The highest BCUT2D eigenvalue weighted by Crippen LogP contribution is 2.31. The summed E-state index contributed by atoms with van der Waals surface area (Å²) >= 11 is 3.37. The monoisotopic (exact) mass is 505 g/mol. The minimum Gasteiger partial charge on any atom is -1.00 e. The number of anilines is 1. The Bertz CT molecular complexity index is 904. The Morgan fingerprint density at radius 2 is 1.77 bits per heavy atom. The van der Waals surface area contributed by atoms with Crippen LogP contribution in [0.25, 0.3) is 0 Å². The van der Waals surface area contributed by atoms with Gasteiger partial charge in [-0.05, 0) is 81.2 Å². The topological polar surface area (TPSA) is 58.6 Å². The molecule has 0 bridgehead atoms. The highest BCUT2D eigenvalue weighted by Gasteiger charge is 2.33. The maximum Gasteiger partial charge on any atom is 0.338 e. The summed E-state index contributed by atoms with van der Waals surface area (Å²) in [7, 11) is 0. The van der Waals surface area contributed by atoms with Gasteiger partial charge in [0.1, 0.15) is 0 Å². The third kappa shape index (κ3) is 6.09. The second-order valence-corrected chi connectivity index (χ2v) is 9.06. The lowest BCUT2D eigenvalue weighted by Crippen LogP contribution is -3.00. The van der Waals surface area contributed by atoms with Crippen LogP contribution in [0, 0.1) is 5.92 Å². The smallest absolute Gasteiger partial charge is 0.338 e. The van der Waals surface area contributed by atoms with Crippen molar-refractivity contribution in [2.24, 2.45) is 5.92 Å². The van der Waals surface area contributed by atoms with Crippen molar-refractivity contribution in [3.63, 3.8) is 0 Å². The maximum atomic E-state index is 12.5. The molecule has 0 saturated carbocycles. The largest absolute Gasteiger partial charge is 1.00 e. The Hall–Kier alpha value is -1.89. The Morgan fingerprint density at radius 1 is 1.00 bits per heavy atom. The minimum absolute atomic E-state index is 0. The van der Waals surface area contributed by atoms with E-state index in [2.05, 4.69) is 26.1 Å². The van der Waals surface area contributed by atoms with E-state index in [1.807, 2.05) is 12.1 Å². The van der Waals surface area contributed by atoms with Crippen molar-refractivity contribution in [2.75, 3.05) is 25.0 Å². The molecule has 31 heavy (non-hydrogen) atoms. The first-order valence-corrected chi connectivity index (χ1v) is 11.5. The number of benzene rings is 2. The average molecular weight is 507 g/mol. The van der Waals surface area contributed by atoms with E-state index in [1.165, 1.54) is 38.8 Å². The average Bonchev–Trinajstić information content (AvgIpc) is 2.78. The number of nitrogens with one attached hydrogen (secondary N) is 1. The van der Waals surface area contributed by atoms with Crippen molar-refractivity contribution in [1.29, 1.82) is 0 Å². The van der Waals surface area contributed by atoms with Gasteiger partial charge in [0.2, 0.25) is 0 Å². The number of ether oxygens (including phenoxy) is 1. The first kappa shape index (κ1) is 23.8. The van der Waals surface area contributed by atoms with Crippen LogP contribution in [0.4, 0.5) is 5.69 Å². The van der Waals surface area contributed by atoms with Crippen LogP contribution in [0.2, 0.25) is 0 Å². The fraction of sp³-hybridized carbons (Fsp3) is 0.417. The molecule has 2 aliphatic rings. The van der Waals surface area contributed by atoms with Gasteiger partial charge in [-0.3, -0.25) is 9.69 Å². The number of amides is 1. The molecule has 0 unspecified atom stereocenters. The number of hydrogen-bond acceptors (Lipinski definition) is 4. The van der Waals surface area contributed by atoms with E-state index in [1.54, 1.807) is 36.4 Å². The van der Waals surface area contributed by atoms with Crippen molar-refractivity contribution >= 4 is 33.5 Å². The molecule has 2 aromatic carbocycles. The summed E-state index contributed by atoms with van der Waals surface area (Å²) in [6.07, 6.45) is 6.10. The molecule has 2 aromatic rings. The van der Waals surface area contributed by atoms with Gasteiger partial charge in [0.25, 0.3) is 5.91 Å². The normalized spacial score (nSPS) is 20.8. The van der Waals surface area contributed by atoms with Crippen molar-refractivity contribution in [3.05, 3.63) is 64.1 Å². The molecule has 5 nitrogen and oxygen atoms in total. The Kier molecular flexibility index (Phi) is 8.52. The molecule has 0 aromatic heterocycles. The lowest BCUT2D eigenvalue weighted by Gasteiger charge is -2.44. The number of carbonyl (C=O) groups is 2. The van der Waals surface area contributed by atoms with E-state index in [-0.39, 0.29) is 24.3 Å². The van der Waals surface area contributed by atoms with E-state index in [4.69, 9.17) is 4.74 Å². The first-order valence-electron chi connectivity index (χ1n) is 10.7. The summed E-state index contributed by atoms with van der Waals surface area (Å²) in [5, 5.41) is 2.85. The number of nitrogens with zero attached hydrogens (tertiary/aromatic N) is 1. The van der Waals surface area contributed by atoms with Crippen molar-refractivity contribution < 1.29 is 26.7 Å². The second-order valence-electron chi connectivity index (χ2n) is 8.14. The second kappa shape index (κ2) is 11.1. The van der Waals surface area contributed by atoms with Gasteiger partial charge in [-0.1, -0.05) is 28.4 Å². The molecule has 2 heterocycles. The van der Waals surface area contributed by atoms with Crippen molar-refractivity contribution in [3.8, 4) is 0 Å². The zero-order valence-corrected chi connectivity index (χ0v) is 19.7. The van der Waals surface area contributed by atoms with Gasteiger partial charge in [-0.25, -0.2) is 4.79 Å². The zero-order chi connectivity index (χ0) is 20.9. The van der Waals surface area contributed by atoms with Crippen molar-refractivity contribution in [2.45, 2.75) is 38.1 Å². The summed E-state index contributed by atoms with van der Waals surface area (Å²) in [4.78, 5) is 27.4. The summed E-state index contributed by atoms with van der Waals surface area (Å²) in [5.74, 6) is -0.0551. The molecule has 166 valence electrons. The number of rotatable bonds is 5. The SMILES string of the molecule is O=C(Nc1ccc(C(=O)OC[C@@H]2CCCN3CCCC[C@H]23)cc1)c1cccc(Br)c1.[Cl-]. The van der Waals surface area contributed by atoms with Crippen LogP contribution < -0.4 is 17.7 Å². The van der Waals surface area contributed by atoms with Gasteiger partial charge in [0, 0.05) is 27.7 Å². The fourth-order valence-electron chi connectivity index (χ4n) is 4.56. The van der Waals surface area contributed by atoms with Gasteiger partial charge in [0.15, 0.2) is 0 Å². The molecule has 7 heteroatoms. The standard InChI is InChI=1S/C24H27BrN2O3.ClH/c25-20-7-3-5-18(15-20)23(28)26-21-11-9-17(10-12-21)24(29)30-16-19-6-4-14-27-13-2-1-8-22(19)27;/h3,5,7,9-12,15,19,22H,1-2,4,6,8,13-14,16H2,(H,26,28);1H/p-1/t19-,22+;/m0./s1. The van der Waals surface area contributed by atoms with E-state index < -0.39 is 0 Å². The van der Waals surface area contributed by atoms with Crippen LogP contribution >= 0.6 is 15.9 Å². The lowest BCUT2D eigenvalue weighted by atomic mass is 9.84. The van der Waals surface area contributed by atoms with Crippen LogP contribution in [0.1, 0.15) is 52.8 Å². The fourth-order valence-corrected chi connectivity index (χ4v) is 4.96. The molecule has 0 radical (unpaired) electrons. The molecule has 0 spiro atoms. The van der Waals surface area contributed by atoms with E-state index in [0.717, 1.165) is 10.9 Å². The van der Waals surface area contributed by atoms with Crippen LogP contribution in [-0.4, -0.2) is 42.5 Å². The number of esters is 1. The molecular formula is C24H27BrClN2O3-. The summed E-state index contributed by atoms with van der Waals surface area (Å²) in [6, 6.07) is 14.6. The minimum atomic E-state index is -0.298. The molecule has 1 amide bonds. The van der Waals surface area contributed by atoms with Gasteiger partial charge in [-0.15, -0.1) is 0 Å². The van der Waals surface area contributed by atoms with E-state index in [9.17, 15) is 9.59 Å². The number of fused-ring (bicyclic) bond motifs is 1. The van der Waals surface area contributed by atoms with Gasteiger partial charge in [-0.2, -0.15) is 0 Å². The number of hydrogen-bond donors (Lipinski definition) is 1. The summed E-state index contributed by atoms with van der Waals surface area (Å²) in [6.45, 7) is 2.85. The molecule has 2 aliphatic heterocycles. The van der Waals surface area contributed by atoms with Crippen LogP contribution in [0.5, 0.6) is 0 Å². The molecular weight excluding hydrogens is 480 g/mol. The third-order valence-corrected chi connectivity index (χ3v) is 6.62. The quantitative estimate of drug-likeness (QED) is 0.631. The highest BCUT2D eigenvalue weighted by atomic mass is 79.9. The Morgan fingerprint density at radius 3 is 2.55 bits per heavy atom. The molecule has 2 fully saturated rings. The Labute approximate surface area is 198 Å². The molecule has 2 atom stereocenters. The Balaban J connectivity index is 0.00000272.